The molecule has 1 N–H and O–H groups in total. The number of pyridine rings is 1. The highest BCUT2D eigenvalue weighted by Crippen LogP contribution is 2.22. The van der Waals surface area contributed by atoms with Gasteiger partial charge in [-0.2, -0.15) is 0 Å². The summed E-state index contributed by atoms with van der Waals surface area (Å²) in [5, 5.41) is -0.0471. The fourth-order valence-electron chi connectivity index (χ4n) is 1.27. The minimum absolute atomic E-state index is 0.0340. The van der Waals surface area contributed by atoms with Crippen molar-refractivity contribution >= 4 is 37.6 Å². The molecule has 0 saturated carbocycles. The molecule has 108 valence electrons. The van der Waals surface area contributed by atoms with Gasteiger partial charge < -0.3 is 4.74 Å². The highest BCUT2D eigenvalue weighted by atomic mass is 79.9. The summed E-state index contributed by atoms with van der Waals surface area (Å²) in [4.78, 5) is 3.75. The van der Waals surface area contributed by atoms with Crippen molar-refractivity contribution in [3.05, 3.63) is 21.9 Å². The molecule has 5 nitrogen and oxygen atoms in total. The Morgan fingerprint density at radius 1 is 1.53 bits per heavy atom. The molecule has 1 heterocycles. The number of ether oxygens (including phenoxy) is 1. The molecule has 0 atom stereocenters. The van der Waals surface area contributed by atoms with Crippen molar-refractivity contribution in [1.29, 1.82) is 0 Å². The fourth-order valence-corrected chi connectivity index (χ4v) is 3.28. The Balaban J connectivity index is 2.59. The van der Waals surface area contributed by atoms with Crippen molar-refractivity contribution in [2.75, 3.05) is 13.2 Å². The summed E-state index contributed by atoms with van der Waals surface area (Å²) in [6.07, 6.45) is 2.18. The number of sulfonamides is 1. The first-order valence-electron chi connectivity index (χ1n) is 5.75. The fraction of sp³-hybridized carbons (Fsp3) is 0.545. The second-order valence-electron chi connectivity index (χ2n) is 4.11. The van der Waals surface area contributed by atoms with Gasteiger partial charge in [0.15, 0.2) is 0 Å². The Kier molecular flexibility index (Phi) is 6.68. The third-order valence-electron chi connectivity index (χ3n) is 2.13. The van der Waals surface area contributed by atoms with Gasteiger partial charge in [-0.15, -0.1) is 0 Å². The summed E-state index contributed by atoms with van der Waals surface area (Å²) in [6, 6.07) is 1.42. The standard InChI is InChI=1S/C11H16BrClN2O3S/c1-8(2)18-5-3-4-15-19(16,17)10-6-9(12)7-14-11(10)13/h6-8,15H,3-5H2,1-2H3. The van der Waals surface area contributed by atoms with E-state index in [0.717, 1.165) is 0 Å². The molecular weight excluding hydrogens is 356 g/mol. The van der Waals surface area contributed by atoms with Crippen LogP contribution < -0.4 is 4.72 Å². The van der Waals surface area contributed by atoms with Crippen LogP contribution in [0.3, 0.4) is 0 Å². The number of aromatic nitrogens is 1. The minimum atomic E-state index is -3.64. The van der Waals surface area contributed by atoms with Crippen LogP contribution in [0.5, 0.6) is 0 Å². The zero-order valence-corrected chi connectivity index (χ0v) is 13.8. The predicted octanol–water partition coefficient (Wildman–Crippen LogP) is 2.59. The van der Waals surface area contributed by atoms with Crippen molar-refractivity contribution in [2.24, 2.45) is 0 Å². The second-order valence-corrected chi connectivity index (χ2v) is 7.12. The quantitative estimate of drug-likeness (QED) is 0.591. The van der Waals surface area contributed by atoms with E-state index < -0.39 is 10.0 Å². The van der Waals surface area contributed by atoms with Crippen molar-refractivity contribution < 1.29 is 13.2 Å². The maximum Gasteiger partial charge on any atom is 0.243 e. The lowest BCUT2D eigenvalue weighted by Crippen LogP contribution is -2.26. The molecule has 1 rings (SSSR count). The minimum Gasteiger partial charge on any atom is -0.379 e. The van der Waals surface area contributed by atoms with Crippen LogP contribution in [0.15, 0.2) is 21.6 Å². The van der Waals surface area contributed by atoms with Gasteiger partial charge in [-0.05, 0) is 42.3 Å². The van der Waals surface area contributed by atoms with Crippen LogP contribution in [0.2, 0.25) is 5.15 Å². The summed E-state index contributed by atoms with van der Waals surface area (Å²) in [5.74, 6) is 0. The van der Waals surface area contributed by atoms with Crippen LogP contribution in [0.25, 0.3) is 0 Å². The number of nitrogens with one attached hydrogen (secondary N) is 1. The van der Waals surface area contributed by atoms with E-state index in [-0.39, 0.29) is 22.7 Å². The first kappa shape index (κ1) is 16.8. The molecule has 0 radical (unpaired) electrons. The summed E-state index contributed by atoms with van der Waals surface area (Å²) in [6.45, 7) is 4.65. The van der Waals surface area contributed by atoms with Crippen LogP contribution in [0.1, 0.15) is 20.3 Å². The SMILES string of the molecule is CC(C)OCCCNS(=O)(=O)c1cc(Br)cnc1Cl. The number of rotatable bonds is 7. The van der Waals surface area contributed by atoms with Gasteiger partial charge in [-0.3, -0.25) is 0 Å². The molecule has 19 heavy (non-hydrogen) atoms. The smallest absolute Gasteiger partial charge is 0.243 e. The molecule has 0 bridgehead atoms. The van der Waals surface area contributed by atoms with E-state index in [9.17, 15) is 8.42 Å². The average Bonchev–Trinajstić information content (AvgIpc) is 2.31. The third-order valence-corrected chi connectivity index (χ3v) is 4.45. The van der Waals surface area contributed by atoms with Gasteiger partial charge in [0.05, 0.1) is 6.10 Å². The zero-order valence-electron chi connectivity index (χ0n) is 10.7. The van der Waals surface area contributed by atoms with E-state index in [2.05, 4.69) is 25.6 Å². The second kappa shape index (κ2) is 7.54. The maximum atomic E-state index is 12.0. The lowest BCUT2D eigenvalue weighted by molar-refractivity contribution is 0.0778. The van der Waals surface area contributed by atoms with Gasteiger partial charge in [-0.1, -0.05) is 11.6 Å². The molecule has 0 spiro atoms. The van der Waals surface area contributed by atoms with E-state index in [0.29, 0.717) is 17.5 Å². The first-order chi connectivity index (χ1) is 8.83. The average molecular weight is 372 g/mol. The molecule has 0 aromatic carbocycles. The Bertz CT molecular complexity index is 523. The van der Waals surface area contributed by atoms with Crippen molar-refractivity contribution in [2.45, 2.75) is 31.3 Å². The molecule has 1 aromatic rings. The molecule has 8 heteroatoms. The van der Waals surface area contributed by atoms with Gasteiger partial charge in [0.2, 0.25) is 10.0 Å². The van der Waals surface area contributed by atoms with Crippen LogP contribution in [0, 0.1) is 0 Å². The third kappa shape index (κ3) is 5.74. The van der Waals surface area contributed by atoms with E-state index in [4.69, 9.17) is 16.3 Å². The molecule has 0 unspecified atom stereocenters. The van der Waals surface area contributed by atoms with Crippen molar-refractivity contribution in [1.82, 2.24) is 9.71 Å². The Morgan fingerprint density at radius 3 is 2.84 bits per heavy atom. The Labute approximate surface area is 126 Å². The topological polar surface area (TPSA) is 68.3 Å². The monoisotopic (exact) mass is 370 g/mol. The van der Waals surface area contributed by atoms with Crippen LogP contribution >= 0.6 is 27.5 Å². The van der Waals surface area contributed by atoms with E-state index in [1.54, 1.807) is 0 Å². The molecular formula is C11H16BrClN2O3S. The summed E-state index contributed by atoms with van der Waals surface area (Å²) in [5.41, 5.74) is 0. The molecule has 0 aliphatic carbocycles. The molecule has 0 aliphatic rings. The van der Waals surface area contributed by atoms with Crippen molar-refractivity contribution in [3.63, 3.8) is 0 Å². The van der Waals surface area contributed by atoms with Gasteiger partial charge in [0.1, 0.15) is 10.0 Å². The summed E-state index contributed by atoms with van der Waals surface area (Å²) >= 11 is 8.95. The number of hydrogen-bond acceptors (Lipinski definition) is 4. The van der Waals surface area contributed by atoms with E-state index in [1.807, 2.05) is 13.8 Å². The van der Waals surface area contributed by atoms with E-state index >= 15 is 0 Å². The Morgan fingerprint density at radius 2 is 2.21 bits per heavy atom. The number of halogens is 2. The normalized spacial score (nSPS) is 12.1. The highest BCUT2D eigenvalue weighted by Gasteiger charge is 2.18. The molecule has 0 amide bonds. The van der Waals surface area contributed by atoms with Crippen molar-refractivity contribution in [3.8, 4) is 0 Å². The highest BCUT2D eigenvalue weighted by molar-refractivity contribution is 9.10. The predicted molar refractivity (Wildman–Crippen MR) is 77.8 cm³/mol. The number of hydrogen-bond donors (Lipinski definition) is 1. The van der Waals surface area contributed by atoms with Gasteiger partial charge in [-0.25, -0.2) is 18.1 Å². The lowest BCUT2D eigenvalue weighted by Gasteiger charge is -2.09. The van der Waals surface area contributed by atoms with Gasteiger partial charge in [0, 0.05) is 23.8 Å². The lowest BCUT2D eigenvalue weighted by atomic mass is 10.4. The van der Waals surface area contributed by atoms with Crippen LogP contribution in [0.4, 0.5) is 0 Å². The molecule has 0 fully saturated rings. The maximum absolute atomic E-state index is 12.0. The van der Waals surface area contributed by atoms with Gasteiger partial charge in [0.25, 0.3) is 0 Å². The van der Waals surface area contributed by atoms with Crippen LogP contribution in [-0.2, 0) is 14.8 Å². The molecule has 0 aliphatic heterocycles. The summed E-state index contributed by atoms with van der Waals surface area (Å²) < 4.78 is 32.4. The molecule has 1 aromatic heterocycles. The van der Waals surface area contributed by atoms with Gasteiger partial charge >= 0.3 is 0 Å². The first-order valence-corrected chi connectivity index (χ1v) is 8.40. The zero-order chi connectivity index (χ0) is 14.5. The van der Waals surface area contributed by atoms with Crippen LogP contribution in [-0.4, -0.2) is 32.7 Å². The number of nitrogens with zero attached hydrogens (tertiary/aromatic N) is 1. The molecule has 0 saturated heterocycles. The summed E-state index contributed by atoms with van der Waals surface area (Å²) in [7, 11) is -3.64. The van der Waals surface area contributed by atoms with E-state index in [1.165, 1.54) is 12.3 Å². The Hall–Kier alpha value is -0.210. The largest absolute Gasteiger partial charge is 0.379 e.